The fraction of sp³-hybridized carbons (Fsp3) is 0.421. The SMILES string of the molecule is CC(=O)C(C)c1ccc(/C=C/C(=O)Nc2ccccc2N)cc1.CCCC1CCOCC1.Cc1ccc(C(C)(C)C)cc1. The molecule has 232 valence electrons. The maximum Gasteiger partial charge on any atom is 0.248 e. The summed E-state index contributed by atoms with van der Waals surface area (Å²) in [5.74, 6) is 0.748. The number of para-hydroxylation sites is 2. The van der Waals surface area contributed by atoms with Gasteiger partial charge in [0.2, 0.25) is 5.91 Å². The van der Waals surface area contributed by atoms with Gasteiger partial charge >= 0.3 is 0 Å². The zero-order valence-corrected chi connectivity index (χ0v) is 27.3. The summed E-state index contributed by atoms with van der Waals surface area (Å²) in [6.45, 7) is 16.5. The molecule has 0 radical (unpaired) electrons. The van der Waals surface area contributed by atoms with Gasteiger partial charge in [-0.2, -0.15) is 0 Å². The molecule has 5 heteroatoms. The van der Waals surface area contributed by atoms with Crippen LogP contribution in [0.25, 0.3) is 6.08 Å². The molecule has 1 amide bonds. The van der Waals surface area contributed by atoms with Crippen molar-refractivity contribution < 1.29 is 14.3 Å². The van der Waals surface area contributed by atoms with E-state index >= 15 is 0 Å². The van der Waals surface area contributed by atoms with Crippen LogP contribution in [0.5, 0.6) is 0 Å². The number of anilines is 2. The van der Waals surface area contributed by atoms with Crippen LogP contribution in [0.1, 0.15) is 95.4 Å². The van der Waals surface area contributed by atoms with E-state index in [9.17, 15) is 9.59 Å². The van der Waals surface area contributed by atoms with E-state index in [1.807, 2.05) is 43.3 Å². The van der Waals surface area contributed by atoms with Crippen LogP contribution in [0.15, 0.2) is 78.9 Å². The second-order valence-electron chi connectivity index (χ2n) is 12.4. The Morgan fingerprint density at radius 2 is 1.58 bits per heavy atom. The van der Waals surface area contributed by atoms with E-state index in [-0.39, 0.29) is 23.0 Å². The highest BCUT2D eigenvalue weighted by Gasteiger charge is 2.13. The molecule has 4 rings (SSSR count). The minimum Gasteiger partial charge on any atom is -0.397 e. The number of rotatable bonds is 7. The van der Waals surface area contributed by atoms with Crippen LogP contribution in [0.2, 0.25) is 0 Å². The molecule has 43 heavy (non-hydrogen) atoms. The molecule has 0 aromatic heterocycles. The molecule has 1 aliphatic rings. The molecular formula is C38H52N2O3. The average molecular weight is 585 g/mol. The second-order valence-corrected chi connectivity index (χ2v) is 12.4. The molecule has 3 aromatic rings. The topological polar surface area (TPSA) is 81.4 Å². The van der Waals surface area contributed by atoms with Crippen molar-refractivity contribution in [3.05, 3.63) is 101 Å². The fourth-order valence-electron chi connectivity index (χ4n) is 4.58. The van der Waals surface area contributed by atoms with E-state index < -0.39 is 0 Å². The Labute approximate surface area is 259 Å². The maximum atomic E-state index is 11.9. The van der Waals surface area contributed by atoms with Gasteiger partial charge in [-0.15, -0.1) is 0 Å². The van der Waals surface area contributed by atoms with Crippen molar-refractivity contribution in [2.24, 2.45) is 5.92 Å². The van der Waals surface area contributed by atoms with Gasteiger partial charge in [0.15, 0.2) is 0 Å². The summed E-state index contributed by atoms with van der Waals surface area (Å²) >= 11 is 0. The Balaban J connectivity index is 0.000000265. The van der Waals surface area contributed by atoms with Crippen LogP contribution in [-0.2, 0) is 19.7 Å². The van der Waals surface area contributed by atoms with Gasteiger partial charge in [0, 0.05) is 25.2 Å². The number of amides is 1. The number of hydrogen-bond donors (Lipinski definition) is 2. The van der Waals surface area contributed by atoms with E-state index in [4.69, 9.17) is 10.5 Å². The van der Waals surface area contributed by atoms with Crippen molar-refractivity contribution in [1.29, 1.82) is 0 Å². The van der Waals surface area contributed by atoms with Crippen LogP contribution in [0.3, 0.4) is 0 Å². The van der Waals surface area contributed by atoms with Gasteiger partial charge in [0.25, 0.3) is 0 Å². The van der Waals surface area contributed by atoms with E-state index in [1.54, 1.807) is 25.1 Å². The summed E-state index contributed by atoms with van der Waals surface area (Å²) in [5, 5.41) is 2.73. The number of nitrogens with two attached hydrogens (primary N) is 1. The van der Waals surface area contributed by atoms with E-state index in [0.717, 1.165) is 30.3 Å². The summed E-state index contributed by atoms with van der Waals surface area (Å²) in [6, 6.07) is 23.4. The summed E-state index contributed by atoms with van der Waals surface area (Å²) in [4.78, 5) is 23.3. The third-order valence-electron chi connectivity index (χ3n) is 7.65. The smallest absolute Gasteiger partial charge is 0.248 e. The first-order valence-electron chi connectivity index (χ1n) is 15.5. The molecule has 1 unspecified atom stereocenters. The average Bonchev–Trinajstić information content (AvgIpc) is 2.98. The molecule has 3 aromatic carbocycles. The van der Waals surface area contributed by atoms with Crippen LogP contribution in [0, 0.1) is 12.8 Å². The van der Waals surface area contributed by atoms with Crippen molar-refractivity contribution >= 4 is 29.1 Å². The van der Waals surface area contributed by atoms with Crippen LogP contribution < -0.4 is 11.1 Å². The van der Waals surface area contributed by atoms with Gasteiger partial charge in [-0.3, -0.25) is 9.59 Å². The molecule has 3 N–H and O–H groups in total. The quantitative estimate of drug-likeness (QED) is 0.214. The highest BCUT2D eigenvalue weighted by molar-refractivity contribution is 6.03. The number of nitrogens with one attached hydrogen (secondary N) is 1. The lowest BCUT2D eigenvalue weighted by Gasteiger charge is -2.20. The lowest BCUT2D eigenvalue weighted by Crippen LogP contribution is -2.14. The zero-order valence-electron chi connectivity index (χ0n) is 27.3. The number of carbonyl (C=O) groups excluding carboxylic acids is 2. The highest BCUT2D eigenvalue weighted by Crippen LogP contribution is 2.22. The number of carbonyl (C=O) groups is 2. The monoisotopic (exact) mass is 584 g/mol. The highest BCUT2D eigenvalue weighted by atomic mass is 16.5. The first kappa shape index (κ1) is 35.5. The lowest BCUT2D eigenvalue weighted by atomic mass is 9.87. The van der Waals surface area contributed by atoms with Gasteiger partial charge in [-0.1, -0.05) is 114 Å². The number of ketones is 1. The van der Waals surface area contributed by atoms with E-state index in [1.165, 1.54) is 42.9 Å². The summed E-state index contributed by atoms with van der Waals surface area (Å²) in [6.07, 6.45) is 8.52. The van der Waals surface area contributed by atoms with Gasteiger partial charge < -0.3 is 15.8 Å². The van der Waals surface area contributed by atoms with Crippen LogP contribution in [-0.4, -0.2) is 24.9 Å². The standard InChI is InChI=1S/C19H20N2O2.C11H16.C8H16O/c1-13(14(2)22)16-10-7-15(8-11-16)9-12-19(23)21-18-6-4-3-5-17(18)20;1-9-5-7-10(8-6-9)11(2,3)4;1-2-3-8-4-6-9-7-5-8/h3-13H,20H2,1-2H3,(H,21,23);5-8H,1-4H3;8H,2-7H2,1H3/b12-9+;;. The minimum absolute atomic E-state index is 0.114. The molecule has 0 saturated carbocycles. The largest absolute Gasteiger partial charge is 0.397 e. The molecule has 0 aliphatic carbocycles. The third kappa shape index (κ3) is 13.4. The molecule has 0 bridgehead atoms. The molecule has 1 heterocycles. The van der Waals surface area contributed by atoms with Crippen molar-refractivity contribution in [2.75, 3.05) is 24.3 Å². The molecule has 5 nitrogen and oxygen atoms in total. The Kier molecular flexibility index (Phi) is 14.9. The Morgan fingerprint density at radius 1 is 0.977 bits per heavy atom. The zero-order chi connectivity index (χ0) is 31.8. The molecule has 0 spiro atoms. The second kappa shape index (κ2) is 18.1. The number of hydrogen-bond acceptors (Lipinski definition) is 4. The van der Waals surface area contributed by atoms with Crippen LogP contribution >= 0.6 is 0 Å². The van der Waals surface area contributed by atoms with E-state index in [0.29, 0.717) is 11.4 Å². The summed E-state index contributed by atoms with van der Waals surface area (Å²) in [5.41, 5.74) is 11.8. The van der Waals surface area contributed by atoms with Gasteiger partial charge in [-0.05, 0) is 72.9 Å². The number of ether oxygens (including phenoxy) is 1. The molecule has 1 aliphatic heterocycles. The van der Waals surface area contributed by atoms with Crippen molar-refractivity contribution in [3.63, 3.8) is 0 Å². The van der Waals surface area contributed by atoms with Crippen molar-refractivity contribution in [3.8, 4) is 0 Å². The van der Waals surface area contributed by atoms with Crippen molar-refractivity contribution in [1.82, 2.24) is 0 Å². The predicted octanol–water partition coefficient (Wildman–Crippen LogP) is 9.12. The Hall–Kier alpha value is -3.70. The lowest BCUT2D eigenvalue weighted by molar-refractivity contribution is -0.118. The number of nitrogen functional groups attached to an aromatic ring is 1. The number of benzene rings is 3. The molecular weight excluding hydrogens is 532 g/mol. The number of aryl methyl sites for hydroxylation is 1. The molecule has 1 atom stereocenters. The van der Waals surface area contributed by atoms with Crippen molar-refractivity contribution in [2.45, 2.75) is 85.5 Å². The fourth-order valence-corrected chi connectivity index (χ4v) is 4.58. The first-order valence-corrected chi connectivity index (χ1v) is 15.5. The third-order valence-corrected chi connectivity index (χ3v) is 7.65. The summed E-state index contributed by atoms with van der Waals surface area (Å²) in [7, 11) is 0. The minimum atomic E-state index is -0.246. The van der Waals surface area contributed by atoms with E-state index in [2.05, 4.69) is 64.2 Å². The Bertz CT molecular complexity index is 1280. The molecule has 1 fully saturated rings. The normalized spacial score (nSPS) is 14.1. The van der Waals surface area contributed by atoms with Gasteiger partial charge in [0.1, 0.15) is 5.78 Å². The number of Topliss-reactive ketones (excluding diaryl/α,β-unsaturated/α-hetero) is 1. The van der Waals surface area contributed by atoms with Gasteiger partial charge in [-0.25, -0.2) is 0 Å². The first-order chi connectivity index (χ1) is 20.4. The maximum absolute atomic E-state index is 11.9. The summed E-state index contributed by atoms with van der Waals surface area (Å²) < 4.78 is 5.25. The van der Waals surface area contributed by atoms with Crippen LogP contribution in [0.4, 0.5) is 11.4 Å². The Morgan fingerprint density at radius 3 is 2.12 bits per heavy atom. The van der Waals surface area contributed by atoms with Gasteiger partial charge in [0.05, 0.1) is 11.4 Å². The molecule has 1 saturated heterocycles. The predicted molar refractivity (Wildman–Crippen MR) is 182 cm³/mol.